The molecule has 1 amide bonds. The molecule has 4 nitrogen and oxygen atoms in total. The van der Waals surface area contributed by atoms with Gasteiger partial charge in [0.05, 0.1) is 0 Å². The van der Waals surface area contributed by atoms with Crippen LogP contribution in [-0.4, -0.2) is 42.0 Å². The maximum Gasteiger partial charge on any atom is 0.273 e. The Kier molecular flexibility index (Phi) is 2.70. The molecule has 0 radical (unpaired) electrons. The molecule has 1 aromatic heterocycles. The summed E-state index contributed by atoms with van der Waals surface area (Å²) in [4.78, 5) is 19.1. The summed E-state index contributed by atoms with van der Waals surface area (Å²) in [5.74, 6) is 1.32. The molecule has 20 heavy (non-hydrogen) atoms. The van der Waals surface area contributed by atoms with Gasteiger partial charge in [-0.05, 0) is 23.3 Å². The fourth-order valence-corrected chi connectivity index (χ4v) is 3.46. The molecule has 1 aromatic carbocycles. The number of nitrogens with one attached hydrogen (secondary N) is 1. The number of carbonyl (C=O) groups is 1. The van der Waals surface area contributed by atoms with Crippen molar-refractivity contribution in [1.29, 1.82) is 0 Å². The number of fused-ring (bicyclic) bond motifs is 2. The first kappa shape index (κ1) is 11.9. The van der Waals surface area contributed by atoms with Crippen molar-refractivity contribution in [2.24, 2.45) is 11.8 Å². The van der Waals surface area contributed by atoms with Gasteiger partial charge in [0.2, 0.25) is 0 Å². The zero-order valence-electron chi connectivity index (χ0n) is 11.2. The third-order valence-electron chi connectivity index (χ3n) is 4.55. The largest absolute Gasteiger partial charge is 0.337 e. The summed E-state index contributed by atoms with van der Waals surface area (Å²) in [5.41, 5.74) is 0.594. The molecule has 2 fully saturated rings. The molecule has 0 aliphatic carbocycles. The molecule has 2 saturated heterocycles. The minimum atomic E-state index is 0.0798. The van der Waals surface area contributed by atoms with Crippen LogP contribution in [0.25, 0.3) is 10.8 Å². The second-order valence-corrected chi connectivity index (χ2v) is 5.77. The lowest BCUT2D eigenvalue weighted by atomic mass is 10.0. The second-order valence-electron chi connectivity index (χ2n) is 5.77. The van der Waals surface area contributed by atoms with Gasteiger partial charge in [-0.2, -0.15) is 0 Å². The van der Waals surface area contributed by atoms with Gasteiger partial charge in [0.1, 0.15) is 5.69 Å². The Bertz CT molecular complexity index is 652. The molecule has 0 saturated carbocycles. The minimum Gasteiger partial charge on any atom is -0.337 e. The van der Waals surface area contributed by atoms with E-state index in [9.17, 15) is 4.79 Å². The molecule has 0 spiro atoms. The van der Waals surface area contributed by atoms with E-state index in [0.29, 0.717) is 17.5 Å². The van der Waals surface area contributed by atoms with E-state index in [4.69, 9.17) is 0 Å². The molecule has 4 heteroatoms. The van der Waals surface area contributed by atoms with Gasteiger partial charge < -0.3 is 10.2 Å². The quantitative estimate of drug-likeness (QED) is 0.852. The van der Waals surface area contributed by atoms with E-state index in [0.717, 1.165) is 37.0 Å². The summed E-state index contributed by atoms with van der Waals surface area (Å²) in [5, 5.41) is 5.43. The number of hydrogen-bond acceptors (Lipinski definition) is 3. The Morgan fingerprint density at radius 1 is 1.15 bits per heavy atom. The monoisotopic (exact) mass is 267 g/mol. The third-order valence-corrected chi connectivity index (χ3v) is 4.55. The van der Waals surface area contributed by atoms with Crippen molar-refractivity contribution in [1.82, 2.24) is 15.2 Å². The number of rotatable bonds is 1. The first-order chi connectivity index (χ1) is 9.83. The lowest BCUT2D eigenvalue weighted by molar-refractivity contribution is 0.0778. The fourth-order valence-electron chi connectivity index (χ4n) is 3.46. The molecule has 102 valence electrons. The van der Waals surface area contributed by atoms with Crippen molar-refractivity contribution in [3.8, 4) is 0 Å². The lowest BCUT2D eigenvalue weighted by Crippen LogP contribution is -2.32. The molecule has 2 atom stereocenters. The number of hydrogen-bond donors (Lipinski definition) is 1. The van der Waals surface area contributed by atoms with E-state index in [2.05, 4.69) is 10.3 Å². The number of likely N-dealkylation sites (tertiary alicyclic amines) is 1. The predicted molar refractivity (Wildman–Crippen MR) is 77.5 cm³/mol. The van der Waals surface area contributed by atoms with Gasteiger partial charge in [-0.3, -0.25) is 9.78 Å². The number of benzene rings is 1. The molecule has 2 unspecified atom stereocenters. The molecule has 2 aromatic rings. The van der Waals surface area contributed by atoms with E-state index in [1.165, 1.54) is 0 Å². The molecule has 0 bridgehead atoms. The van der Waals surface area contributed by atoms with Gasteiger partial charge in [-0.25, -0.2) is 0 Å². The predicted octanol–water partition coefficient (Wildman–Crippen LogP) is 1.53. The zero-order valence-corrected chi connectivity index (χ0v) is 11.2. The number of amides is 1. The molecule has 3 heterocycles. The maximum absolute atomic E-state index is 12.7. The van der Waals surface area contributed by atoms with Crippen LogP contribution in [0.1, 0.15) is 10.5 Å². The van der Waals surface area contributed by atoms with Crippen LogP contribution in [0.4, 0.5) is 0 Å². The van der Waals surface area contributed by atoms with Crippen molar-refractivity contribution in [2.45, 2.75) is 0 Å². The summed E-state index contributed by atoms with van der Waals surface area (Å²) in [6, 6.07) is 9.91. The van der Waals surface area contributed by atoms with Crippen LogP contribution >= 0.6 is 0 Å². The van der Waals surface area contributed by atoms with Crippen LogP contribution in [0, 0.1) is 11.8 Å². The highest BCUT2D eigenvalue weighted by molar-refractivity contribution is 6.05. The van der Waals surface area contributed by atoms with Gasteiger partial charge in [0.15, 0.2) is 0 Å². The normalized spacial score (nSPS) is 25.1. The molecular formula is C16H17N3O. The van der Waals surface area contributed by atoms with E-state index in [-0.39, 0.29) is 5.91 Å². The summed E-state index contributed by atoms with van der Waals surface area (Å²) in [6.45, 7) is 3.80. The molecular weight excluding hydrogens is 250 g/mol. The van der Waals surface area contributed by atoms with E-state index < -0.39 is 0 Å². The molecule has 2 aliphatic heterocycles. The highest BCUT2D eigenvalue weighted by Gasteiger charge is 2.38. The van der Waals surface area contributed by atoms with Crippen LogP contribution in [0.2, 0.25) is 0 Å². The average Bonchev–Trinajstić information content (AvgIpc) is 3.07. The van der Waals surface area contributed by atoms with Crippen LogP contribution in [0.5, 0.6) is 0 Å². The highest BCUT2D eigenvalue weighted by atomic mass is 16.2. The Morgan fingerprint density at radius 3 is 2.70 bits per heavy atom. The van der Waals surface area contributed by atoms with E-state index in [1.54, 1.807) is 6.20 Å². The summed E-state index contributed by atoms with van der Waals surface area (Å²) in [6.07, 6.45) is 1.73. The van der Waals surface area contributed by atoms with Crippen LogP contribution in [-0.2, 0) is 0 Å². The first-order valence-corrected chi connectivity index (χ1v) is 7.16. The van der Waals surface area contributed by atoms with Crippen molar-refractivity contribution >= 4 is 16.7 Å². The smallest absolute Gasteiger partial charge is 0.273 e. The summed E-state index contributed by atoms with van der Waals surface area (Å²) >= 11 is 0. The number of carbonyl (C=O) groups excluding carboxylic acids is 1. The Hall–Kier alpha value is -1.94. The number of pyridine rings is 1. The number of nitrogens with zero attached hydrogens (tertiary/aromatic N) is 2. The minimum absolute atomic E-state index is 0.0798. The Balaban J connectivity index is 1.68. The van der Waals surface area contributed by atoms with Crippen LogP contribution in [0.3, 0.4) is 0 Å². The zero-order chi connectivity index (χ0) is 13.5. The van der Waals surface area contributed by atoms with Crippen molar-refractivity contribution in [3.05, 3.63) is 42.2 Å². The first-order valence-electron chi connectivity index (χ1n) is 7.16. The van der Waals surface area contributed by atoms with Gasteiger partial charge in [0, 0.05) is 37.8 Å². The third kappa shape index (κ3) is 1.79. The number of aromatic nitrogens is 1. The van der Waals surface area contributed by atoms with Crippen molar-refractivity contribution in [3.63, 3.8) is 0 Å². The Morgan fingerprint density at radius 2 is 1.90 bits per heavy atom. The SMILES string of the molecule is O=C(c1nccc2ccccc12)N1CC2CNCC2C1. The van der Waals surface area contributed by atoms with E-state index >= 15 is 0 Å². The van der Waals surface area contributed by atoms with Crippen molar-refractivity contribution < 1.29 is 4.79 Å². The van der Waals surface area contributed by atoms with Crippen LogP contribution < -0.4 is 5.32 Å². The average molecular weight is 267 g/mol. The molecule has 2 aliphatic rings. The fraction of sp³-hybridized carbons (Fsp3) is 0.375. The van der Waals surface area contributed by atoms with E-state index in [1.807, 2.05) is 35.2 Å². The van der Waals surface area contributed by atoms with Gasteiger partial charge in [-0.1, -0.05) is 24.3 Å². The highest BCUT2D eigenvalue weighted by Crippen LogP contribution is 2.28. The molecule has 1 N–H and O–H groups in total. The van der Waals surface area contributed by atoms with Gasteiger partial charge in [0.25, 0.3) is 5.91 Å². The second kappa shape index (κ2) is 4.56. The van der Waals surface area contributed by atoms with Crippen molar-refractivity contribution in [2.75, 3.05) is 26.2 Å². The Labute approximate surface area is 117 Å². The van der Waals surface area contributed by atoms with Gasteiger partial charge >= 0.3 is 0 Å². The summed E-state index contributed by atoms with van der Waals surface area (Å²) < 4.78 is 0. The topological polar surface area (TPSA) is 45.2 Å². The van der Waals surface area contributed by atoms with Gasteiger partial charge in [-0.15, -0.1) is 0 Å². The maximum atomic E-state index is 12.7. The molecule has 4 rings (SSSR count). The lowest BCUT2D eigenvalue weighted by Gasteiger charge is -2.17. The summed E-state index contributed by atoms with van der Waals surface area (Å²) in [7, 11) is 0. The standard InChI is InChI=1S/C16H17N3O/c20-16(19-9-12-7-17-8-13(12)10-19)15-14-4-2-1-3-11(14)5-6-18-15/h1-6,12-13,17H,7-10H2. The van der Waals surface area contributed by atoms with Crippen LogP contribution in [0.15, 0.2) is 36.5 Å².